The number of rotatable bonds is 5. The molecule has 11 heteroatoms. The van der Waals surface area contributed by atoms with E-state index in [1.54, 1.807) is 0 Å². The van der Waals surface area contributed by atoms with E-state index in [9.17, 15) is 31.9 Å². The molecule has 1 aliphatic rings. The van der Waals surface area contributed by atoms with Gasteiger partial charge >= 0.3 is 11.9 Å². The molecule has 1 unspecified atom stereocenters. The maximum atomic E-state index is 14.5. The molecule has 5 nitrogen and oxygen atoms in total. The predicted octanol–water partition coefficient (Wildman–Crippen LogP) is 3.81. The Bertz CT molecular complexity index is 1110. The van der Waals surface area contributed by atoms with Crippen molar-refractivity contribution in [2.45, 2.75) is 36.1 Å². The van der Waals surface area contributed by atoms with E-state index in [1.807, 2.05) is 0 Å². The molecule has 1 aliphatic carbocycles. The van der Waals surface area contributed by atoms with Gasteiger partial charge in [-0.2, -0.15) is 13.2 Å². The second-order valence-corrected chi connectivity index (χ2v) is 8.35. The Labute approximate surface area is 171 Å². The monoisotopic (exact) mass is 450 g/mol. The largest absolute Gasteiger partial charge is 0.431 e. The minimum absolute atomic E-state index is 0.0278. The SMILES string of the molecule is CC(=O)C(Sc1cc(-n2c(=O)cc(C(F)(F)F)n(C)c2=O)c(F)cc1Cl)C1CC1. The molecule has 0 N–H and O–H groups in total. The van der Waals surface area contributed by atoms with E-state index in [0.29, 0.717) is 4.57 Å². The summed E-state index contributed by atoms with van der Waals surface area (Å²) in [7, 11) is 0.837. The minimum Gasteiger partial charge on any atom is -0.299 e. The third kappa shape index (κ3) is 4.28. The standard InChI is InChI=1S/C18H15ClF4N2O3S/c1-8(26)16(9-3-4-9)29-13-6-12(11(20)5-10(13)19)25-15(27)7-14(18(21,22)23)24(2)17(25)28/h5-7,9,16H,3-4H2,1-2H3. The first-order chi connectivity index (χ1) is 13.4. The van der Waals surface area contributed by atoms with Crippen molar-refractivity contribution >= 4 is 29.1 Å². The number of carbonyl (C=O) groups is 1. The molecule has 0 aliphatic heterocycles. The Kier molecular flexibility index (Phi) is 5.70. The van der Waals surface area contributed by atoms with Crippen LogP contribution in [-0.2, 0) is 18.0 Å². The molecule has 0 radical (unpaired) electrons. The molecule has 156 valence electrons. The van der Waals surface area contributed by atoms with Gasteiger partial charge in [-0.15, -0.1) is 11.8 Å². The Morgan fingerprint density at radius 2 is 1.86 bits per heavy atom. The molecule has 1 aromatic carbocycles. The van der Waals surface area contributed by atoms with Crippen LogP contribution in [0.15, 0.2) is 32.7 Å². The van der Waals surface area contributed by atoms with Gasteiger partial charge in [0, 0.05) is 18.0 Å². The number of hydrogen-bond acceptors (Lipinski definition) is 4. The number of carbonyl (C=O) groups excluding carboxylic acids is 1. The number of hydrogen-bond donors (Lipinski definition) is 0. The van der Waals surface area contributed by atoms with Gasteiger partial charge in [0.15, 0.2) is 0 Å². The van der Waals surface area contributed by atoms with Gasteiger partial charge in [0.25, 0.3) is 5.56 Å². The first-order valence-corrected chi connectivity index (χ1v) is 9.74. The van der Waals surface area contributed by atoms with Crippen LogP contribution in [0.25, 0.3) is 5.69 Å². The van der Waals surface area contributed by atoms with Crippen molar-refractivity contribution in [1.82, 2.24) is 9.13 Å². The summed E-state index contributed by atoms with van der Waals surface area (Å²) in [5.41, 5.74) is -4.66. The maximum Gasteiger partial charge on any atom is 0.431 e. The van der Waals surface area contributed by atoms with Crippen molar-refractivity contribution in [2.24, 2.45) is 13.0 Å². The number of benzene rings is 1. The average molecular weight is 451 g/mol. The highest BCUT2D eigenvalue weighted by Gasteiger charge is 2.36. The van der Waals surface area contributed by atoms with Crippen LogP contribution in [0.5, 0.6) is 0 Å². The van der Waals surface area contributed by atoms with Crippen LogP contribution in [-0.4, -0.2) is 20.2 Å². The molecule has 1 atom stereocenters. The summed E-state index contributed by atoms with van der Waals surface area (Å²) in [5.74, 6) is -0.991. The van der Waals surface area contributed by atoms with E-state index in [0.717, 1.165) is 43.8 Å². The lowest BCUT2D eigenvalue weighted by Crippen LogP contribution is -2.41. The zero-order valence-electron chi connectivity index (χ0n) is 15.2. The van der Waals surface area contributed by atoms with Crippen LogP contribution >= 0.6 is 23.4 Å². The lowest BCUT2D eigenvalue weighted by Gasteiger charge is -2.17. The van der Waals surface area contributed by atoms with E-state index >= 15 is 0 Å². The van der Waals surface area contributed by atoms with Crippen molar-refractivity contribution in [3.05, 3.63) is 55.6 Å². The van der Waals surface area contributed by atoms with Gasteiger partial charge in [0.05, 0.1) is 16.0 Å². The Hall–Kier alpha value is -2.07. The minimum atomic E-state index is -4.93. The number of ketones is 1. The molecule has 3 rings (SSSR count). The van der Waals surface area contributed by atoms with Gasteiger partial charge in [-0.3, -0.25) is 14.2 Å². The van der Waals surface area contributed by atoms with Crippen LogP contribution in [0.2, 0.25) is 5.02 Å². The van der Waals surface area contributed by atoms with Gasteiger partial charge in [0.1, 0.15) is 17.3 Å². The molecule has 1 fully saturated rings. The number of Topliss-reactive ketones (excluding diaryl/α,β-unsaturated/α-hetero) is 1. The summed E-state index contributed by atoms with van der Waals surface area (Å²) in [6, 6.07) is 2.20. The second kappa shape index (κ2) is 7.64. The molecule has 0 amide bonds. The van der Waals surface area contributed by atoms with Gasteiger partial charge in [0.2, 0.25) is 0 Å². The smallest absolute Gasteiger partial charge is 0.299 e. The highest BCUT2D eigenvalue weighted by Crippen LogP contribution is 2.44. The third-order valence-electron chi connectivity index (χ3n) is 4.56. The van der Waals surface area contributed by atoms with Gasteiger partial charge in [-0.05, 0) is 37.8 Å². The molecule has 2 aromatic rings. The van der Waals surface area contributed by atoms with Crippen LogP contribution in [0.3, 0.4) is 0 Å². The Morgan fingerprint density at radius 3 is 2.38 bits per heavy atom. The Balaban J connectivity index is 2.15. The zero-order chi connectivity index (χ0) is 21.7. The van der Waals surface area contributed by atoms with Gasteiger partial charge < -0.3 is 0 Å². The quantitative estimate of drug-likeness (QED) is 0.513. The first-order valence-electron chi connectivity index (χ1n) is 8.48. The highest BCUT2D eigenvalue weighted by atomic mass is 35.5. The molecule has 0 saturated heterocycles. The van der Waals surface area contributed by atoms with Crippen molar-refractivity contribution in [3.8, 4) is 5.69 Å². The van der Waals surface area contributed by atoms with Crippen LogP contribution in [0.1, 0.15) is 25.5 Å². The summed E-state index contributed by atoms with van der Waals surface area (Å²) < 4.78 is 54.1. The lowest BCUT2D eigenvalue weighted by molar-refractivity contribution is -0.144. The summed E-state index contributed by atoms with van der Waals surface area (Å²) in [4.78, 5) is 36.8. The van der Waals surface area contributed by atoms with Crippen molar-refractivity contribution in [2.75, 3.05) is 0 Å². The highest BCUT2D eigenvalue weighted by molar-refractivity contribution is 8.00. The summed E-state index contributed by atoms with van der Waals surface area (Å²) in [6.07, 6.45) is -3.20. The van der Waals surface area contributed by atoms with Crippen LogP contribution < -0.4 is 11.2 Å². The fourth-order valence-corrected chi connectivity index (χ4v) is 4.49. The van der Waals surface area contributed by atoms with Crippen molar-refractivity contribution < 1.29 is 22.4 Å². The predicted molar refractivity (Wildman–Crippen MR) is 100 cm³/mol. The molecular formula is C18H15ClF4N2O3S. The number of alkyl halides is 3. The normalized spacial score (nSPS) is 15.4. The fraction of sp³-hybridized carbons (Fsp3) is 0.389. The molecule has 1 aromatic heterocycles. The molecular weight excluding hydrogens is 436 g/mol. The van der Waals surface area contributed by atoms with E-state index < -0.39 is 39.9 Å². The fourth-order valence-electron chi connectivity index (χ4n) is 2.95. The molecule has 1 heterocycles. The second-order valence-electron chi connectivity index (χ2n) is 6.76. The zero-order valence-corrected chi connectivity index (χ0v) is 16.8. The first kappa shape index (κ1) is 21.6. The van der Waals surface area contributed by atoms with Gasteiger partial charge in [-0.25, -0.2) is 13.8 Å². The summed E-state index contributed by atoms with van der Waals surface area (Å²) in [5, 5.41) is -0.446. The van der Waals surface area contributed by atoms with Crippen molar-refractivity contribution in [3.63, 3.8) is 0 Å². The number of thioether (sulfide) groups is 1. The average Bonchev–Trinajstić information content (AvgIpc) is 3.42. The van der Waals surface area contributed by atoms with E-state index in [2.05, 4.69) is 0 Å². The maximum absolute atomic E-state index is 14.5. The lowest BCUT2D eigenvalue weighted by atomic mass is 10.2. The molecule has 0 bridgehead atoms. The molecule has 1 saturated carbocycles. The van der Waals surface area contributed by atoms with Crippen molar-refractivity contribution in [1.29, 1.82) is 0 Å². The topological polar surface area (TPSA) is 61.1 Å². The van der Waals surface area contributed by atoms with Crippen LogP contribution in [0.4, 0.5) is 17.6 Å². The third-order valence-corrected chi connectivity index (χ3v) is 6.54. The number of halogens is 5. The van der Waals surface area contributed by atoms with Gasteiger partial charge in [-0.1, -0.05) is 11.6 Å². The molecule has 29 heavy (non-hydrogen) atoms. The van der Waals surface area contributed by atoms with E-state index in [1.165, 1.54) is 6.92 Å². The summed E-state index contributed by atoms with van der Waals surface area (Å²) >= 11 is 7.15. The number of aromatic nitrogens is 2. The Morgan fingerprint density at radius 1 is 1.24 bits per heavy atom. The molecule has 0 spiro atoms. The number of nitrogens with zero attached hydrogens (tertiary/aromatic N) is 2. The van der Waals surface area contributed by atoms with E-state index in [4.69, 9.17) is 11.6 Å². The summed E-state index contributed by atoms with van der Waals surface area (Å²) in [6.45, 7) is 1.42. The van der Waals surface area contributed by atoms with Crippen LogP contribution in [0, 0.1) is 11.7 Å². The van der Waals surface area contributed by atoms with E-state index in [-0.39, 0.29) is 32.3 Å².